The predicted octanol–water partition coefficient (Wildman–Crippen LogP) is 0.843. The highest BCUT2D eigenvalue weighted by molar-refractivity contribution is 5.80. The van der Waals surface area contributed by atoms with Gasteiger partial charge in [-0.3, -0.25) is 4.79 Å². The number of nitrogens with one attached hydrogen (secondary N) is 1. The van der Waals surface area contributed by atoms with Crippen LogP contribution in [0.4, 0.5) is 0 Å². The molecule has 2 rings (SSSR count). The lowest BCUT2D eigenvalue weighted by molar-refractivity contribution is -0.150. The van der Waals surface area contributed by atoms with E-state index < -0.39 is 5.97 Å². The molecular weight excluding hydrogens is 246 g/mol. The molecule has 1 N–H and O–H groups in total. The average Bonchev–Trinajstić information content (AvgIpc) is 2.89. The van der Waals surface area contributed by atoms with Gasteiger partial charge in [0.1, 0.15) is 5.75 Å². The Balaban J connectivity index is 1.79. The minimum Gasteiger partial charge on any atom is -0.482 e. The van der Waals surface area contributed by atoms with Crippen molar-refractivity contribution < 1.29 is 19.1 Å². The number of carbonyl (C=O) groups excluding carboxylic acids is 2. The summed E-state index contributed by atoms with van der Waals surface area (Å²) in [6.45, 7) is -0.460. The first kappa shape index (κ1) is 13.4. The summed E-state index contributed by atoms with van der Waals surface area (Å²) in [5, 5.41) is 2.37. The molecule has 0 radical (unpaired) electrons. The van der Waals surface area contributed by atoms with Gasteiger partial charge in [-0.15, -0.1) is 0 Å². The van der Waals surface area contributed by atoms with E-state index in [-0.39, 0.29) is 19.1 Å². The van der Waals surface area contributed by atoms with E-state index in [0.29, 0.717) is 5.75 Å². The fraction of sp³-hybridized carbons (Fsp3) is 0.429. The third-order valence-electron chi connectivity index (χ3n) is 3.07. The molecule has 102 valence electrons. The zero-order valence-corrected chi connectivity index (χ0v) is 10.9. The van der Waals surface area contributed by atoms with Gasteiger partial charge in [0.15, 0.2) is 13.2 Å². The molecule has 19 heavy (non-hydrogen) atoms. The Bertz CT molecular complexity index is 484. The van der Waals surface area contributed by atoms with Crippen LogP contribution in [0.25, 0.3) is 0 Å². The molecule has 1 aromatic carbocycles. The maximum atomic E-state index is 11.3. The Morgan fingerprint density at radius 3 is 2.79 bits per heavy atom. The molecule has 5 heteroatoms. The summed E-state index contributed by atoms with van der Waals surface area (Å²) >= 11 is 0. The van der Waals surface area contributed by atoms with Gasteiger partial charge in [-0.05, 0) is 42.5 Å². The van der Waals surface area contributed by atoms with Crippen LogP contribution in [0, 0.1) is 0 Å². The van der Waals surface area contributed by atoms with Crippen LogP contribution in [0.1, 0.15) is 17.5 Å². The second-order valence-electron chi connectivity index (χ2n) is 4.41. The molecule has 0 saturated heterocycles. The highest BCUT2D eigenvalue weighted by Crippen LogP contribution is 2.25. The van der Waals surface area contributed by atoms with Crippen molar-refractivity contribution in [3.63, 3.8) is 0 Å². The number of amides is 1. The largest absolute Gasteiger partial charge is 0.482 e. The molecule has 1 amide bonds. The van der Waals surface area contributed by atoms with Crippen LogP contribution in [0.2, 0.25) is 0 Å². The van der Waals surface area contributed by atoms with Gasteiger partial charge < -0.3 is 14.8 Å². The van der Waals surface area contributed by atoms with Crippen LogP contribution in [0.15, 0.2) is 18.2 Å². The monoisotopic (exact) mass is 263 g/mol. The highest BCUT2D eigenvalue weighted by Gasteiger charge is 2.12. The van der Waals surface area contributed by atoms with Crippen LogP contribution in [-0.4, -0.2) is 32.1 Å². The molecule has 0 unspecified atom stereocenters. The zero-order valence-electron chi connectivity index (χ0n) is 10.9. The van der Waals surface area contributed by atoms with Crippen molar-refractivity contribution in [2.75, 3.05) is 20.3 Å². The lowest BCUT2D eigenvalue weighted by Gasteiger charge is -2.08. The summed E-state index contributed by atoms with van der Waals surface area (Å²) in [5.41, 5.74) is 2.64. The molecule has 0 spiro atoms. The smallest absolute Gasteiger partial charge is 0.344 e. The standard InChI is InChI=1S/C14H17NO4/c1-15-13(16)8-19-14(17)9-18-12-6-5-10-3-2-4-11(10)7-12/h5-7H,2-4,8-9H2,1H3,(H,15,16). The van der Waals surface area contributed by atoms with Crippen molar-refractivity contribution in [2.24, 2.45) is 0 Å². The van der Waals surface area contributed by atoms with E-state index in [1.54, 1.807) is 0 Å². The third kappa shape index (κ3) is 3.71. The molecule has 1 aromatic rings. The number of rotatable bonds is 5. The number of aryl methyl sites for hydroxylation is 2. The summed E-state index contributed by atoms with van der Waals surface area (Å²) in [4.78, 5) is 22.2. The van der Waals surface area contributed by atoms with Crippen LogP contribution < -0.4 is 10.1 Å². The maximum absolute atomic E-state index is 11.3. The third-order valence-corrected chi connectivity index (χ3v) is 3.07. The normalized spacial score (nSPS) is 12.7. The number of esters is 1. The molecular formula is C14H17NO4. The molecule has 1 aliphatic carbocycles. The van der Waals surface area contributed by atoms with Gasteiger partial charge in [0.25, 0.3) is 5.91 Å². The van der Waals surface area contributed by atoms with Crippen LogP contribution in [-0.2, 0) is 27.2 Å². The molecule has 0 aromatic heterocycles. The van der Waals surface area contributed by atoms with Gasteiger partial charge >= 0.3 is 5.97 Å². The molecule has 0 saturated carbocycles. The Hall–Kier alpha value is -2.04. The summed E-state index contributed by atoms with van der Waals surface area (Å²) in [6, 6.07) is 5.86. The molecule has 0 bridgehead atoms. The van der Waals surface area contributed by atoms with Gasteiger partial charge in [-0.2, -0.15) is 0 Å². The molecule has 0 fully saturated rings. The Morgan fingerprint density at radius 2 is 2.00 bits per heavy atom. The summed E-state index contributed by atoms with van der Waals surface area (Å²) in [6.07, 6.45) is 3.35. The molecule has 1 aliphatic rings. The van der Waals surface area contributed by atoms with Crippen molar-refractivity contribution in [1.29, 1.82) is 0 Å². The van der Waals surface area contributed by atoms with Crippen molar-refractivity contribution in [3.05, 3.63) is 29.3 Å². The van der Waals surface area contributed by atoms with Crippen LogP contribution >= 0.6 is 0 Å². The Kier molecular flexibility index (Phi) is 4.39. The number of hydrogen-bond acceptors (Lipinski definition) is 4. The molecule has 0 aliphatic heterocycles. The van der Waals surface area contributed by atoms with Gasteiger partial charge in [-0.25, -0.2) is 4.79 Å². The first-order chi connectivity index (χ1) is 9.19. The summed E-state index contributed by atoms with van der Waals surface area (Å²) < 4.78 is 10.1. The van der Waals surface area contributed by atoms with E-state index in [2.05, 4.69) is 5.32 Å². The van der Waals surface area contributed by atoms with Crippen molar-refractivity contribution in [1.82, 2.24) is 5.32 Å². The number of likely N-dealkylation sites (N-methyl/N-ethyl adjacent to an activating group) is 1. The number of fused-ring (bicyclic) bond motifs is 1. The fourth-order valence-electron chi connectivity index (χ4n) is 2.04. The first-order valence-corrected chi connectivity index (χ1v) is 6.30. The van der Waals surface area contributed by atoms with E-state index in [9.17, 15) is 9.59 Å². The lowest BCUT2D eigenvalue weighted by Crippen LogP contribution is -2.26. The van der Waals surface area contributed by atoms with Crippen molar-refractivity contribution in [2.45, 2.75) is 19.3 Å². The number of ether oxygens (including phenoxy) is 2. The quantitative estimate of drug-likeness (QED) is 0.800. The van der Waals surface area contributed by atoms with Gasteiger partial charge in [-0.1, -0.05) is 6.07 Å². The van der Waals surface area contributed by atoms with E-state index >= 15 is 0 Å². The number of benzene rings is 1. The number of hydrogen-bond donors (Lipinski definition) is 1. The van der Waals surface area contributed by atoms with Gasteiger partial charge in [0.2, 0.25) is 0 Å². The zero-order chi connectivity index (χ0) is 13.7. The van der Waals surface area contributed by atoms with Crippen LogP contribution in [0.5, 0.6) is 5.75 Å². The number of carbonyl (C=O) groups is 2. The summed E-state index contributed by atoms with van der Waals surface area (Å²) in [5.74, 6) is -0.229. The van der Waals surface area contributed by atoms with Crippen LogP contribution in [0.3, 0.4) is 0 Å². The fourth-order valence-corrected chi connectivity index (χ4v) is 2.04. The lowest BCUT2D eigenvalue weighted by atomic mass is 10.1. The van der Waals surface area contributed by atoms with Crippen molar-refractivity contribution in [3.8, 4) is 5.75 Å². The van der Waals surface area contributed by atoms with E-state index in [1.165, 1.54) is 24.6 Å². The van der Waals surface area contributed by atoms with E-state index in [1.807, 2.05) is 18.2 Å². The second-order valence-corrected chi connectivity index (χ2v) is 4.41. The van der Waals surface area contributed by atoms with Crippen molar-refractivity contribution >= 4 is 11.9 Å². The average molecular weight is 263 g/mol. The molecule has 5 nitrogen and oxygen atoms in total. The van der Waals surface area contributed by atoms with E-state index in [4.69, 9.17) is 9.47 Å². The topological polar surface area (TPSA) is 64.6 Å². The highest BCUT2D eigenvalue weighted by atomic mass is 16.6. The van der Waals surface area contributed by atoms with E-state index in [0.717, 1.165) is 12.8 Å². The Morgan fingerprint density at radius 1 is 1.21 bits per heavy atom. The SMILES string of the molecule is CNC(=O)COC(=O)COc1ccc2c(c1)CCC2. The van der Waals surface area contributed by atoms with Gasteiger partial charge in [0.05, 0.1) is 0 Å². The van der Waals surface area contributed by atoms with Gasteiger partial charge in [0, 0.05) is 7.05 Å². The minimum atomic E-state index is -0.552. The Labute approximate surface area is 111 Å². The minimum absolute atomic E-state index is 0.185. The second kappa shape index (κ2) is 6.22. The summed E-state index contributed by atoms with van der Waals surface area (Å²) in [7, 11) is 1.48. The maximum Gasteiger partial charge on any atom is 0.344 e. The molecule has 0 heterocycles. The first-order valence-electron chi connectivity index (χ1n) is 6.30. The molecule has 0 atom stereocenters. The predicted molar refractivity (Wildman–Crippen MR) is 69.0 cm³/mol.